The Kier molecular flexibility index (Phi) is 4.41. The molecule has 2 rings (SSSR count). The standard InChI is InChI=1S/C13H12Br2N2O2S/c1-8-6-9(14)2-5-13(8)17-20(18,19)10-3-4-12(16)11(15)7-10/h2-7,17H,16H2,1H3. The van der Waals surface area contributed by atoms with Crippen molar-refractivity contribution >= 4 is 53.3 Å². The molecule has 0 aliphatic heterocycles. The zero-order valence-corrected chi connectivity index (χ0v) is 14.5. The molecular weight excluding hydrogens is 408 g/mol. The fourth-order valence-electron chi connectivity index (χ4n) is 1.62. The van der Waals surface area contributed by atoms with Gasteiger partial charge in [0.1, 0.15) is 0 Å². The summed E-state index contributed by atoms with van der Waals surface area (Å²) in [5.74, 6) is 0. The molecule has 0 bridgehead atoms. The van der Waals surface area contributed by atoms with Gasteiger partial charge in [-0.1, -0.05) is 15.9 Å². The highest BCUT2D eigenvalue weighted by molar-refractivity contribution is 9.10. The van der Waals surface area contributed by atoms with Crippen molar-refractivity contribution in [2.24, 2.45) is 0 Å². The molecular formula is C13H12Br2N2O2S. The molecule has 0 amide bonds. The first-order valence-corrected chi connectivity index (χ1v) is 8.70. The van der Waals surface area contributed by atoms with Crippen molar-refractivity contribution in [3.05, 3.63) is 50.9 Å². The smallest absolute Gasteiger partial charge is 0.261 e. The van der Waals surface area contributed by atoms with Gasteiger partial charge in [0, 0.05) is 14.6 Å². The molecule has 0 fully saturated rings. The lowest BCUT2D eigenvalue weighted by atomic mass is 10.2. The number of aryl methyl sites for hydroxylation is 1. The number of nitrogens with one attached hydrogen (secondary N) is 1. The summed E-state index contributed by atoms with van der Waals surface area (Å²) in [6, 6.07) is 9.83. The van der Waals surface area contributed by atoms with E-state index in [0.717, 1.165) is 10.0 Å². The Morgan fingerprint density at radius 1 is 1.10 bits per heavy atom. The van der Waals surface area contributed by atoms with Gasteiger partial charge in [-0.2, -0.15) is 0 Å². The third-order valence-corrected chi connectivity index (χ3v) is 5.26. The van der Waals surface area contributed by atoms with E-state index in [-0.39, 0.29) is 4.90 Å². The molecule has 0 aromatic heterocycles. The van der Waals surface area contributed by atoms with Gasteiger partial charge in [0.05, 0.1) is 10.6 Å². The highest BCUT2D eigenvalue weighted by Crippen LogP contribution is 2.26. The first-order chi connectivity index (χ1) is 9.29. The van der Waals surface area contributed by atoms with E-state index in [1.807, 2.05) is 13.0 Å². The van der Waals surface area contributed by atoms with Gasteiger partial charge < -0.3 is 5.73 Å². The van der Waals surface area contributed by atoms with Crippen molar-refractivity contribution in [3.63, 3.8) is 0 Å². The summed E-state index contributed by atoms with van der Waals surface area (Å²) < 4.78 is 28.6. The fourth-order valence-corrected chi connectivity index (χ4v) is 3.78. The van der Waals surface area contributed by atoms with Crippen LogP contribution in [0, 0.1) is 6.92 Å². The Balaban J connectivity index is 2.38. The predicted molar refractivity (Wildman–Crippen MR) is 88.2 cm³/mol. The third-order valence-electron chi connectivity index (χ3n) is 2.71. The van der Waals surface area contributed by atoms with Crippen LogP contribution < -0.4 is 10.5 Å². The van der Waals surface area contributed by atoms with E-state index in [4.69, 9.17) is 5.73 Å². The fraction of sp³-hybridized carbons (Fsp3) is 0.0769. The topological polar surface area (TPSA) is 72.2 Å². The summed E-state index contributed by atoms with van der Waals surface area (Å²) in [6.45, 7) is 1.83. The largest absolute Gasteiger partial charge is 0.398 e. The van der Waals surface area contributed by atoms with Crippen LogP contribution in [0.25, 0.3) is 0 Å². The van der Waals surface area contributed by atoms with Crippen LogP contribution >= 0.6 is 31.9 Å². The zero-order valence-electron chi connectivity index (χ0n) is 10.5. The molecule has 0 unspecified atom stereocenters. The summed E-state index contributed by atoms with van der Waals surface area (Å²) in [7, 11) is -3.64. The molecule has 3 N–H and O–H groups in total. The minimum atomic E-state index is -3.64. The number of sulfonamides is 1. The van der Waals surface area contributed by atoms with E-state index in [1.54, 1.807) is 18.2 Å². The molecule has 2 aromatic carbocycles. The van der Waals surface area contributed by atoms with Crippen LogP contribution in [0.2, 0.25) is 0 Å². The molecule has 0 aliphatic rings. The van der Waals surface area contributed by atoms with E-state index < -0.39 is 10.0 Å². The van der Waals surface area contributed by atoms with Gasteiger partial charge in [-0.15, -0.1) is 0 Å². The maximum atomic E-state index is 12.3. The van der Waals surface area contributed by atoms with Gasteiger partial charge in [-0.3, -0.25) is 4.72 Å². The first kappa shape index (κ1) is 15.3. The minimum Gasteiger partial charge on any atom is -0.398 e. The molecule has 0 radical (unpaired) electrons. The van der Waals surface area contributed by atoms with Crippen LogP contribution in [0.3, 0.4) is 0 Å². The molecule has 0 saturated heterocycles. The maximum Gasteiger partial charge on any atom is 0.261 e. The van der Waals surface area contributed by atoms with E-state index in [9.17, 15) is 8.42 Å². The lowest BCUT2D eigenvalue weighted by Crippen LogP contribution is -2.14. The number of hydrogen-bond acceptors (Lipinski definition) is 3. The Hall–Kier alpha value is -1.05. The lowest BCUT2D eigenvalue weighted by Gasteiger charge is -2.11. The predicted octanol–water partition coefficient (Wildman–Crippen LogP) is 3.90. The highest BCUT2D eigenvalue weighted by Gasteiger charge is 2.16. The number of nitrogens with two attached hydrogens (primary N) is 1. The number of benzene rings is 2. The number of halogens is 2. The molecule has 0 aliphatic carbocycles. The van der Waals surface area contributed by atoms with Gasteiger partial charge >= 0.3 is 0 Å². The van der Waals surface area contributed by atoms with Crippen LogP contribution in [0.4, 0.5) is 11.4 Å². The van der Waals surface area contributed by atoms with Gasteiger partial charge in [-0.05, 0) is 64.8 Å². The summed E-state index contributed by atoms with van der Waals surface area (Å²) in [5, 5.41) is 0. The lowest BCUT2D eigenvalue weighted by molar-refractivity contribution is 0.601. The van der Waals surface area contributed by atoms with Gasteiger partial charge in [0.25, 0.3) is 10.0 Å². The van der Waals surface area contributed by atoms with Gasteiger partial charge in [0.2, 0.25) is 0 Å². The average Bonchev–Trinajstić information content (AvgIpc) is 2.36. The Bertz CT molecular complexity index is 761. The second-order valence-electron chi connectivity index (χ2n) is 4.25. The van der Waals surface area contributed by atoms with Gasteiger partial charge in [-0.25, -0.2) is 8.42 Å². The van der Waals surface area contributed by atoms with Crippen LogP contribution in [-0.2, 0) is 10.0 Å². The SMILES string of the molecule is Cc1cc(Br)ccc1NS(=O)(=O)c1ccc(N)c(Br)c1. The quantitative estimate of drug-likeness (QED) is 0.741. The molecule has 2 aromatic rings. The van der Waals surface area contributed by atoms with Crippen LogP contribution in [0.1, 0.15) is 5.56 Å². The third kappa shape index (κ3) is 3.34. The molecule has 4 nitrogen and oxygen atoms in total. The maximum absolute atomic E-state index is 12.3. The molecule has 0 heterocycles. The summed E-state index contributed by atoms with van der Waals surface area (Å²) in [4.78, 5) is 0.154. The van der Waals surface area contributed by atoms with Crippen molar-refractivity contribution in [3.8, 4) is 0 Å². The van der Waals surface area contributed by atoms with Crippen molar-refractivity contribution < 1.29 is 8.42 Å². The van der Waals surface area contributed by atoms with Crippen LogP contribution in [0.5, 0.6) is 0 Å². The van der Waals surface area contributed by atoms with Crippen LogP contribution in [-0.4, -0.2) is 8.42 Å². The molecule has 106 valence electrons. The summed E-state index contributed by atoms with van der Waals surface area (Å²) >= 11 is 6.57. The van der Waals surface area contributed by atoms with Crippen molar-refractivity contribution in [1.82, 2.24) is 0 Å². The first-order valence-electron chi connectivity index (χ1n) is 5.63. The summed E-state index contributed by atoms with van der Waals surface area (Å²) in [5.41, 5.74) is 7.52. The molecule has 0 atom stereocenters. The van der Waals surface area contributed by atoms with E-state index >= 15 is 0 Å². The van der Waals surface area contributed by atoms with E-state index in [2.05, 4.69) is 36.6 Å². The number of anilines is 2. The normalized spacial score (nSPS) is 11.3. The Labute approximate surface area is 134 Å². The summed E-state index contributed by atoms with van der Waals surface area (Å²) in [6.07, 6.45) is 0. The van der Waals surface area contributed by atoms with Gasteiger partial charge in [0.15, 0.2) is 0 Å². The monoisotopic (exact) mass is 418 g/mol. The van der Waals surface area contributed by atoms with Crippen molar-refractivity contribution in [1.29, 1.82) is 0 Å². The second-order valence-corrected chi connectivity index (χ2v) is 7.70. The minimum absolute atomic E-state index is 0.154. The zero-order chi connectivity index (χ0) is 14.9. The molecule has 20 heavy (non-hydrogen) atoms. The van der Waals surface area contributed by atoms with E-state index in [0.29, 0.717) is 15.8 Å². The highest BCUT2D eigenvalue weighted by atomic mass is 79.9. The Morgan fingerprint density at radius 2 is 1.80 bits per heavy atom. The molecule has 0 spiro atoms. The number of rotatable bonds is 3. The number of nitrogen functional groups attached to an aromatic ring is 1. The van der Waals surface area contributed by atoms with Crippen molar-refractivity contribution in [2.75, 3.05) is 10.5 Å². The molecule has 7 heteroatoms. The number of hydrogen-bond donors (Lipinski definition) is 2. The Morgan fingerprint density at radius 3 is 2.40 bits per heavy atom. The molecule has 0 saturated carbocycles. The van der Waals surface area contributed by atoms with E-state index in [1.165, 1.54) is 12.1 Å². The van der Waals surface area contributed by atoms with Crippen LogP contribution in [0.15, 0.2) is 50.2 Å². The average molecular weight is 420 g/mol. The second kappa shape index (κ2) is 5.75. The van der Waals surface area contributed by atoms with Crippen molar-refractivity contribution in [2.45, 2.75) is 11.8 Å².